The van der Waals surface area contributed by atoms with Crippen LogP contribution in [0.4, 0.5) is 0 Å². The monoisotopic (exact) mass is 320 g/mol. The van der Waals surface area contributed by atoms with Crippen molar-refractivity contribution in [1.82, 2.24) is 10.6 Å². The van der Waals surface area contributed by atoms with Crippen LogP contribution in [0.1, 0.15) is 32.3 Å². The number of rotatable bonds is 9. The zero-order chi connectivity index (χ0) is 17.3. The Balaban J connectivity index is 2.16. The first-order chi connectivity index (χ1) is 10.8. The second kappa shape index (κ2) is 8.92. The number of aliphatic carboxylic acids is 1. The Labute approximate surface area is 136 Å². The first-order valence-electron chi connectivity index (χ1n) is 7.62. The van der Waals surface area contributed by atoms with Gasteiger partial charge >= 0.3 is 5.97 Å². The van der Waals surface area contributed by atoms with E-state index in [2.05, 4.69) is 10.6 Å². The molecule has 0 aromatic heterocycles. The second-order valence-electron chi connectivity index (χ2n) is 6.05. The molecule has 0 atom stereocenters. The molecule has 6 nitrogen and oxygen atoms in total. The predicted molar refractivity (Wildman–Crippen MR) is 86.8 cm³/mol. The van der Waals surface area contributed by atoms with Gasteiger partial charge in [-0.25, -0.2) is 0 Å². The maximum absolute atomic E-state index is 11.7. The number of carbonyl (C=O) groups excluding carboxylic acids is 2. The van der Waals surface area contributed by atoms with Crippen LogP contribution in [-0.4, -0.2) is 36.0 Å². The molecule has 0 saturated carbocycles. The van der Waals surface area contributed by atoms with Crippen LogP contribution in [-0.2, 0) is 20.8 Å². The number of carboxylic acids is 1. The van der Waals surface area contributed by atoms with Crippen molar-refractivity contribution in [3.8, 4) is 0 Å². The molecule has 0 heterocycles. The summed E-state index contributed by atoms with van der Waals surface area (Å²) >= 11 is 0. The molecule has 2 amide bonds. The van der Waals surface area contributed by atoms with Crippen molar-refractivity contribution >= 4 is 17.8 Å². The Bertz CT molecular complexity index is 541. The van der Waals surface area contributed by atoms with Crippen LogP contribution < -0.4 is 10.6 Å². The summed E-state index contributed by atoms with van der Waals surface area (Å²) in [6, 6.07) is 9.37. The molecular weight excluding hydrogens is 296 g/mol. The third-order valence-electron chi connectivity index (χ3n) is 3.53. The number of carboxylic acid groups (broad SMARTS) is 1. The topological polar surface area (TPSA) is 95.5 Å². The summed E-state index contributed by atoms with van der Waals surface area (Å²) in [7, 11) is 0. The molecule has 1 aromatic carbocycles. The first kappa shape index (κ1) is 18.7. The molecule has 0 saturated heterocycles. The SMILES string of the molecule is CC(C)(CCNC(=O)CCNC(=O)Cc1ccccc1)C(=O)O. The summed E-state index contributed by atoms with van der Waals surface area (Å²) in [4.78, 5) is 34.3. The summed E-state index contributed by atoms with van der Waals surface area (Å²) in [6.45, 7) is 3.80. The van der Waals surface area contributed by atoms with Gasteiger partial charge in [0.15, 0.2) is 0 Å². The molecule has 0 unspecified atom stereocenters. The fourth-order valence-electron chi connectivity index (χ4n) is 1.87. The Hall–Kier alpha value is -2.37. The molecule has 3 N–H and O–H groups in total. The van der Waals surface area contributed by atoms with Crippen LogP contribution in [0.15, 0.2) is 30.3 Å². The normalized spacial score (nSPS) is 10.9. The van der Waals surface area contributed by atoms with E-state index < -0.39 is 11.4 Å². The Kier molecular flexibility index (Phi) is 7.25. The van der Waals surface area contributed by atoms with Crippen LogP contribution >= 0.6 is 0 Å². The minimum atomic E-state index is -0.889. The molecule has 0 radical (unpaired) electrons. The Morgan fingerprint density at radius 2 is 1.61 bits per heavy atom. The van der Waals surface area contributed by atoms with Gasteiger partial charge in [-0.2, -0.15) is 0 Å². The van der Waals surface area contributed by atoms with Crippen LogP contribution in [0.2, 0.25) is 0 Å². The number of nitrogens with one attached hydrogen (secondary N) is 2. The van der Waals surface area contributed by atoms with Crippen molar-refractivity contribution in [3.05, 3.63) is 35.9 Å². The lowest BCUT2D eigenvalue weighted by Gasteiger charge is -2.18. The maximum atomic E-state index is 11.7. The number of amides is 2. The highest BCUT2D eigenvalue weighted by Crippen LogP contribution is 2.19. The number of benzene rings is 1. The van der Waals surface area contributed by atoms with E-state index >= 15 is 0 Å². The van der Waals surface area contributed by atoms with Crippen LogP contribution in [0.25, 0.3) is 0 Å². The summed E-state index contributed by atoms with van der Waals surface area (Å²) in [5.41, 5.74) is 0.0577. The zero-order valence-electron chi connectivity index (χ0n) is 13.6. The standard InChI is InChI=1S/C17H24N2O4/c1-17(2,16(22)23)9-11-19-14(20)8-10-18-15(21)12-13-6-4-3-5-7-13/h3-7H,8-12H2,1-2H3,(H,18,21)(H,19,20)(H,22,23). The van der Waals surface area contributed by atoms with Gasteiger partial charge in [-0.3, -0.25) is 14.4 Å². The van der Waals surface area contributed by atoms with E-state index in [0.717, 1.165) is 5.56 Å². The molecule has 0 bridgehead atoms. The van der Waals surface area contributed by atoms with E-state index in [1.54, 1.807) is 13.8 Å². The molecule has 6 heteroatoms. The minimum Gasteiger partial charge on any atom is -0.481 e. The average Bonchev–Trinajstić information content (AvgIpc) is 2.47. The van der Waals surface area contributed by atoms with Crippen molar-refractivity contribution in [2.24, 2.45) is 5.41 Å². The summed E-state index contributed by atoms with van der Waals surface area (Å²) in [5, 5.41) is 14.3. The zero-order valence-corrected chi connectivity index (χ0v) is 13.6. The highest BCUT2D eigenvalue weighted by atomic mass is 16.4. The molecule has 0 spiro atoms. The molecular formula is C17H24N2O4. The third-order valence-corrected chi connectivity index (χ3v) is 3.53. The number of hydrogen-bond acceptors (Lipinski definition) is 3. The highest BCUT2D eigenvalue weighted by Gasteiger charge is 2.26. The van der Waals surface area contributed by atoms with Crippen LogP contribution in [0.5, 0.6) is 0 Å². The van der Waals surface area contributed by atoms with Crippen molar-refractivity contribution in [2.45, 2.75) is 33.1 Å². The average molecular weight is 320 g/mol. The van der Waals surface area contributed by atoms with E-state index in [9.17, 15) is 14.4 Å². The van der Waals surface area contributed by atoms with Gasteiger partial charge in [0.2, 0.25) is 11.8 Å². The van der Waals surface area contributed by atoms with Gasteiger partial charge in [-0.15, -0.1) is 0 Å². The van der Waals surface area contributed by atoms with Gasteiger partial charge in [-0.1, -0.05) is 30.3 Å². The van der Waals surface area contributed by atoms with Crippen LogP contribution in [0, 0.1) is 5.41 Å². The molecule has 0 aliphatic rings. The Morgan fingerprint density at radius 3 is 2.22 bits per heavy atom. The van der Waals surface area contributed by atoms with E-state index in [1.807, 2.05) is 30.3 Å². The predicted octanol–water partition coefficient (Wildman–Crippen LogP) is 1.35. The van der Waals surface area contributed by atoms with Crippen molar-refractivity contribution < 1.29 is 19.5 Å². The lowest BCUT2D eigenvalue weighted by atomic mass is 9.90. The van der Waals surface area contributed by atoms with E-state index in [0.29, 0.717) is 13.0 Å². The quantitative estimate of drug-likeness (QED) is 0.640. The molecule has 1 aromatic rings. The molecule has 126 valence electrons. The summed E-state index contributed by atoms with van der Waals surface area (Å²) in [6.07, 6.45) is 0.817. The summed E-state index contributed by atoms with van der Waals surface area (Å²) in [5.74, 6) is -1.22. The van der Waals surface area contributed by atoms with E-state index in [1.165, 1.54) is 0 Å². The van der Waals surface area contributed by atoms with Gasteiger partial charge in [0, 0.05) is 19.5 Å². The van der Waals surface area contributed by atoms with Crippen molar-refractivity contribution in [1.29, 1.82) is 0 Å². The lowest BCUT2D eigenvalue weighted by molar-refractivity contribution is -0.147. The fraction of sp³-hybridized carbons (Fsp3) is 0.471. The maximum Gasteiger partial charge on any atom is 0.309 e. The number of hydrogen-bond donors (Lipinski definition) is 3. The third kappa shape index (κ3) is 7.44. The first-order valence-corrected chi connectivity index (χ1v) is 7.62. The van der Waals surface area contributed by atoms with Crippen LogP contribution in [0.3, 0.4) is 0 Å². The molecule has 0 aliphatic carbocycles. The van der Waals surface area contributed by atoms with Gasteiger partial charge < -0.3 is 15.7 Å². The largest absolute Gasteiger partial charge is 0.481 e. The molecule has 0 fully saturated rings. The molecule has 1 rings (SSSR count). The molecule has 0 aliphatic heterocycles. The van der Waals surface area contributed by atoms with Gasteiger partial charge in [-0.05, 0) is 25.8 Å². The van der Waals surface area contributed by atoms with Crippen molar-refractivity contribution in [3.63, 3.8) is 0 Å². The second-order valence-corrected chi connectivity index (χ2v) is 6.05. The highest BCUT2D eigenvalue weighted by molar-refractivity contribution is 5.80. The Morgan fingerprint density at radius 1 is 1.00 bits per heavy atom. The number of carbonyl (C=O) groups is 3. The summed E-state index contributed by atoms with van der Waals surface area (Å²) < 4.78 is 0. The van der Waals surface area contributed by atoms with Gasteiger partial charge in [0.1, 0.15) is 0 Å². The van der Waals surface area contributed by atoms with Crippen molar-refractivity contribution in [2.75, 3.05) is 13.1 Å². The van der Waals surface area contributed by atoms with E-state index in [4.69, 9.17) is 5.11 Å². The lowest BCUT2D eigenvalue weighted by Crippen LogP contribution is -2.34. The molecule has 23 heavy (non-hydrogen) atoms. The fourth-order valence-corrected chi connectivity index (χ4v) is 1.87. The van der Waals surface area contributed by atoms with Gasteiger partial charge in [0.25, 0.3) is 0 Å². The smallest absolute Gasteiger partial charge is 0.309 e. The minimum absolute atomic E-state index is 0.129. The van der Waals surface area contributed by atoms with E-state index in [-0.39, 0.29) is 31.2 Å². The van der Waals surface area contributed by atoms with Gasteiger partial charge in [0.05, 0.1) is 11.8 Å².